The van der Waals surface area contributed by atoms with Gasteiger partial charge in [0.15, 0.2) is 0 Å². The molecule has 0 saturated carbocycles. The molecule has 0 unspecified atom stereocenters. The Hall–Kier alpha value is -1.95. The number of benzene rings is 1. The third-order valence-corrected chi connectivity index (χ3v) is 3.01. The summed E-state index contributed by atoms with van der Waals surface area (Å²) in [5, 5.41) is 11.0. The molecule has 1 heterocycles. The van der Waals surface area contributed by atoms with Crippen LogP contribution in [0.4, 0.5) is 5.69 Å². The lowest BCUT2D eigenvalue weighted by Crippen LogP contribution is -2.15. The van der Waals surface area contributed by atoms with Gasteiger partial charge in [0.2, 0.25) is 0 Å². The Morgan fingerprint density at radius 1 is 1.47 bits per heavy atom. The molecule has 0 spiro atoms. The standard InChI is InChI=1S/C13H17N5S/c1-10-3-4-12(11(9-10)13(14)19)15-5-2-7-18-8-6-16-17-18/h3-4,6,8-9,15H,2,5,7H2,1H3,(H2,14,19). The van der Waals surface area contributed by atoms with Crippen LogP contribution >= 0.6 is 12.2 Å². The van der Waals surface area contributed by atoms with Gasteiger partial charge in [0.1, 0.15) is 4.99 Å². The second-order valence-corrected chi connectivity index (χ2v) is 4.80. The number of nitrogens with zero attached hydrogens (tertiary/aromatic N) is 3. The van der Waals surface area contributed by atoms with Gasteiger partial charge >= 0.3 is 0 Å². The highest BCUT2D eigenvalue weighted by molar-refractivity contribution is 7.80. The Balaban J connectivity index is 1.90. The number of hydrogen-bond donors (Lipinski definition) is 2. The molecule has 0 radical (unpaired) electrons. The first-order valence-electron chi connectivity index (χ1n) is 6.15. The smallest absolute Gasteiger partial charge is 0.106 e. The maximum atomic E-state index is 5.73. The highest BCUT2D eigenvalue weighted by Crippen LogP contribution is 2.17. The molecule has 19 heavy (non-hydrogen) atoms. The first-order valence-corrected chi connectivity index (χ1v) is 6.56. The fourth-order valence-electron chi connectivity index (χ4n) is 1.83. The first kappa shape index (κ1) is 13.5. The van der Waals surface area contributed by atoms with E-state index in [0.29, 0.717) is 4.99 Å². The van der Waals surface area contributed by atoms with Crippen molar-refractivity contribution in [3.05, 3.63) is 41.7 Å². The van der Waals surface area contributed by atoms with Crippen molar-refractivity contribution in [3.63, 3.8) is 0 Å². The van der Waals surface area contributed by atoms with Crippen molar-refractivity contribution in [2.45, 2.75) is 19.9 Å². The Morgan fingerprint density at radius 2 is 2.32 bits per heavy atom. The molecule has 100 valence electrons. The van der Waals surface area contributed by atoms with E-state index in [1.807, 2.05) is 36.0 Å². The van der Waals surface area contributed by atoms with Gasteiger partial charge in [-0.2, -0.15) is 0 Å². The summed E-state index contributed by atoms with van der Waals surface area (Å²) in [5.41, 5.74) is 8.76. The van der Waals surface area contributed by atoms with E-state index < -0.39 is 0 Å². The molecule has 0 saturated heterocycles. The molecule has 0 atom stereocenters. The first-order chi connectivity index (χ1) is 9.16. The molecule has 0 bridgehead atoms. The molecule has 0 aliphatic rings. The molecule has 6 heteroatoms. The second kappa shape index (κ2) is 6.29. The van der Waals surface area contributed by atoms with Crippen LogP contribution in [0.5, 0.6) is 0 Å². The van der Waals surface area contributed by atoms with Gasteiger partial charge in [0.25, 0.3) is 0 Å². The molecular formula is C13H17N5S. The van der Waals surface area contributed by atoms with Crippen molar-refractivity contribution in [2.75, 3.05) is 11.9 Å². The summed E-state index contributed by atoms with van der Waals surface area (Å²) < 4.78 is 1.81. The number of aromatic nitrogens is 3. The van der Waals surface area contributed by atoms with Gasteiger partial charge in [-0.3, -0.25) is 4.68 Å². The van der Waals surface area contributed by atoms with Crippen LogP contribution in [-0.2, 0) is 6.54 Å². The van der Waals surface area contributed by atoms with E-state index in [2.05, 4.69) is 15.6 Å². The van der Waals surface area contributed by atoms with Crippen LogP contribution in [0.3, 0.4) is 0 Å². The Morgan fingerprint density at radius 3 is 3.00 bits per heavy atom. The minimum atomic E-state index is 0.419. The Bertz CT molecular complexity index is 550. The van der Waals surface area contributed by atoms with Crippen LogP contribution in [0, 0.1) is 6.92 Å². The van der Waals surface area contributed by atoms with Crippen LogP contribution in [0.15, 0.2) is 30.6 Å². The zero-order valence-electron chi connectivity index (χ0n) is 10.8. The second-order valence-electron chi connectivity index (χ2n) is 4.36. The number of aryl methyl sites for hydroxylation is 2. The summed E-state index contributed by atoms with van der Waals surface area (Å²) in [5.74, 6) is 0. The van der Waals surface area contributed by atoms with E-state index in [9.17, 15) is 0 Å². The van der Waals surface area contributed by atoms with Gasteiger partial charge < -0.3 is 11.1 Å². The largest absolute Gasteiger partial charge is 0.389 e. The topological polar surface area (TPSA) is 68.8 Å². The lowest BCUT2D eigenvalue weighted by Gasteiger charge is -2.12. The van der Waals surface area contributed by atoms with Crippen LogP contribution in [0.2, 0.25) is 0 Å². The highest BCUT2D eigenvalue weighted by Gasteiger charge is 2.04. The molecule has 1 aromatic carbocycles. The summed E-state index contributed by atoms with van der Waals surface area (Å²) in [6.07, 6.45) is 4.48. The zero-order valence-corrected chi connectivity index (χ0v) is 11.7. The predicted octanol–water partition coefficient (Wildman–Crippen LogP) is 1.72. The number of nitrogens with two attached hydrogens (primary N) is 1. The minimum absolute atomic E-state index is 0.419. The van der Waals surface area contributed by atoms with E-state index in [1.54, 1.807) is 6.20 Å². The molecule has 0 aliphatic carbocycles. The van der Waals surface area contributed by atoms with Crippen molar-refractivity contribution in [2.24, 2.45) is 5.73 Å². The van der Waals surface area contributed by atoms with Gasteiger partial charge in [-0.05, 0) is 25.5 Å². The van der Waals surface area contributed by atoms with Gasteiger partial charge in [0.05, 0.1) is 6.20 Å². The molecule has 3 N–H and O–H groups in total. The molecule has 0 aliphatic heterocycles. The molecule has 1 aromatic heterocycles. The molecule has 2 aromatic rings. The summed E-state index contributed by atoms with van der Waals surface area (Å²) in [6, 6.07) is 6.06. The predicted molar refractivity (Wildman–Crippen MR) is 80.2 cm³/mol. The lowest BCUT2D eigenvalue weighted by molar-refractivity contribution is 0.570. The maximum absolute atomic E-state index is 5.73. The zero-order chi connectivity index (χ0) is 13.7. The fourth-order valence-corrected chi connectivity index (χ4v) is 2.00. The monoisotopic (exact) mass is 275 g/mol. The number of hydrogen-bond acceptors (Lipinski definition) is 4. The molecule has 2 rings (SSSR count). The van der Waals surface area contributed by atoms with Crippen LogP contribution in [-0.4, -0.2) is 26.5 Å². The van der Waals surface area contributed by atoms with Crippen molar-refractivity contribution in [1.29, 1.82) is 0 Å². The van der Waals surface area contributed by atoms with Crippen LogP contribution in [0.25, 0.3) is 0 Å². The number of nitrogens with one attached hydrogen (secondary N) is 1. The summed E-state index contributed by atoms with van der Waals surface area (Å²) in [6.45, 7) is 3.69. The third kappa shape index (κ3) is 3.75. The van der Waals surface area contributed by atoms with E-state index in [-0.39, 0.29) is 0 Å². The summed E-state index contributed by atoms with van der Waals surface area (Å²) in [7, 11) is 0. The summed E-state index contributed by atoms with van der Waals surface area (Å²) in [4.78, 5) is 0.419. The van der Waals surface area contributed by atoms with Gasteiger partial charge in [-0.15, -0.1) is 5.10 Å². The number of anilines is 1. The van der Waals surface area contributed by atoms with Crippen LogP contribution in [0.1, 0.15) is 17.5 Å². The number of thiocarbonyl (C=S) groups is 1. The normalized spacial score (nSPS) is 10.4. The van der Waals surface area contributed by atoms with Gasteiger partial charge in [-0.25, -0.2) is 0 Å². The van der Waals surface area contributed by atoms with E-state index >= 15 is 0 Å². The minimum Gasteiger partial charge on any atom is -0.389 e. The average Bonchev–Trinajstić information content (AvgIpc) is 2.89. The van der Waals surface area contributed by atoms with Crippen molar-refractivity contribution < 1.29 is 0 Å². The van der Waals surface area contributed by atoms with Crippen LogP contribution < -0.4 is 11.1 Å². The number of rotatable bonds is 6. The Labute approximate surface area is 117 Å². The van der Waals surface area contributed by atoms with Gasteiger partial charge in [-0.1, -0.05) is 29.1 Å². The fraction of sp³-hybridized carbons (Fsp3) is 0.308. The van der Waals surface area contributed by atoms with Crippen molar-refractivity contribution in [3.8, 4) is 0 Å². The van der Waals surface area contributed by atoms with Crippen molar-refractivity contribution in [1.82, 2.24) is 15.0 Å². The SMILES string of the molecule is Cc1ccc(NCCCn2ccnn2)c(C(N)=S)c1. The van der Waals surface area contributed by atoms with E-state index in [1.165, 1.54) is 0 Å². The average molecular weight is 275 g/mol. The van der Waals surface area contributed by atoms with E-state index in [0.717, 1.165) is 36.3 Å². The molecular weight excluding hydrogens is 258 g/mol. The quantitative estimate of drug-likeness (QED) is 0.620. The maximum Gasteiger partial charge on any atom is 0.106 e. The molecule has 5 nitrogen and oxygen atoms in total. The summed E-state index contributed by atoms with van der Waals surface area (Å²) >= 11 is 5.07. The Kier molecular flexibility index (Phi) is 4.46. The molecule has 0 fully saturated rings. The lowest BCUT2D eigenvalue weighted by atomic mass is 10.1. The van der Waals surface area contributed by atoms with Crippen molar-refractivity contribution >= 4 is 22.9 Å². The van der Waals surface area contributed by atoms with Gasteiger partial charge in [0, 0.05) is 30.5 Å². The highest BCUT2D eigenvalue weighted by atomic mass is 32.1. The molecule has 0 amide bonds. The van der Waals surface area contributed by atoms with E-state index in [4.69, 9.17) is 18.0 Å². The third-order valence-electron chi connectivity index (χ3n) is 2.79.